The zero-order chi connectivity index (χ0) is 7.72. The minimum absolute atomic E-state index is 0.142. The van der Waals surface area contributed by atoms with Crippen LogP contribution in [0.2, 0.25) is 0 Å². The Morgan fingerprint density at radius 1 is 1.30 bits per heavy atom. The van der Waals surface area contributed by atoms with Crippen molar-refractivity contribution in [1.29, 1.82) is 0 Å². The van der Waals surface area contributed by atoms with E-state index in [1.807, 2.05) is 0 Å². The molecule has 5 heteroatoms. The van der Waals surface area contributed by atoms with Crippen LogP contribution in [0.1, 0.15) is 0 Å². The summed E-state index contributed by atoms with van der Waals surface area (Å²) in [6.07, 6.45) is -1.79. The van der Waals surface area contributed by atoms with Crippen molar-refractivity contribution in [2.45, 2.75) is 22.6 Å². The van der Waals surface area contributed by atoms with Crippen molar-refractivity contribution >= 4 is 19.6 Å². The van der Waals surface area contributed by atoms with Crippen molar-refractivity contribution in [3.05, 3.63) is 0 Å². The van der Waals surface area contributed by atoms with E-state index in [1.54, 1.807) is 0 Å². The molecule has 56 valence electrons. The summed E-state index contributed by atoms with van der Waals surface area (Å²) in [4.78, 5) is 0. The van der Waals surface area contributed by atoms with Gasteiger partial charge >= 0.3 is 0 Å². The number of thioether (sulfide) groups is 1. The van der Waals surface area contributed by atoms with Crippen LogP contribution in [0.3, 0.4) is 0 Å². The third-order valence-electron chi connectivity index (χ3n) is 1.58. The zero-order valence-corrected chi connectivity index (χ0v) is 6.16. The average Bonchev–Trinajstić information content (AvgIpc) is 2.17. The number of aliphatic hydroxyl groups is 3. The molecule has 0 bridgehead atoms. The van der Waals surface area contributed by atoms with Crippen molar-refractivity contribution in [1.82, 2.24) is 0 Å². The molecule has 1 aliphatic rings. The third kappa shape index (κ3) is 1.32. The van der Waals surface area contributed by atoms with Crippen LogP contribution in [0.5, 0.6) is 0 Å². The Labute approximate surface area is 64.9 Å². The Morgan fingerprint density at radius 2 is 1.90 bits per heavy atom. The molecule has 1 heterocycles. The molecule has 1 unspecified atom stereocenters. The fourth-order valence-electron chi connectivity index (χ4n) is 0.928. The molecule has 0 spiro atoms. The van der Waals surface area contributed by atoms with Crippen molar-refractivity contribution in [2.24, 2.45) is 0 Å². The SMILES string of the molecule is [B][C@@H]1S[C@H](CO)[C@H](O)C1O. The largest absolute Gasteiger partial charge is 0.395 e. The van der Waals surface area contributed by atoms with E-state index in [2.05, 4.69) is 0 Å². The van der Waals surface area contributed by atoms with Gasteiger partial charge in [0.15, 0.2) is 0 Å². The lowest BCUT2D eigenvalue weighted by Crippen LogP contribution is -2.33. The van der Waals surface area contributed by atoms with Gasteiger partial charge in [-0.05, 0) is 5.15 Å². The van der Waals surface area contributed by atoms with Gasteiger partial charge in [-0.15, -0.1) is 0 Å². The first kappa shape index (κ1) is 8.39. The predicted molar refractivity (Wildman–Crippen MR) is 40.0 cm³/mol. The quantitative estimate of drug-likeness (QED) is 0.400. The van der Waals surface area contributed by atoms with E-state index < -0.39 is 17.4 Å². The van der Waals surface area contributed by atoms with Gasteiger partial charge in [-0.1, -0.05) is 0 Å². The highest BCUT2D eigenvalue weighted by Gasteiger charge is 2.38. The summed E-state index contributed by atoms with van der Waals surface area (Å²) < 4.78 is 0. The maximum Gasteiger partial charge on any atom is 0.0942 e. The van der Waals surface area contributed by atoms with Crippen LogP contribution in [0.4, 0.5) is 0 Å². The van der Waals surface area contributed by atoms with Crippen molar-refractivity contribution in [2.75, 3.05) is 6.61 Å². The first-order valence-corrected chi connectivity index (χ1v) is 3.99. The van der Waals surface area contributed by atoms with Gasteiger partial charge in [-0.25, -0.2) is 0 Å². The Kier molecular flexibility index (Phi) is 2.63. The summed E-state index contributed by atoms with van der Waals surface area (Å²) in [5.74, 6) is 0. The van der Waals surface area contributed by atoms with Gasteiger partial charge in [0, 0.05) is 0 Å². The minimum atomic E-state index is -0.901. The summed E-state index contributed by atoms with van der Waals surface area (Å²) in [7, 11) is 5.38. The Hall–Kier alpha value is 0.295. The highest BCUT2D eigenvalue weighted by atomic mass is 32.2. The molecule has 4 atom stereocenters. The molecular weight excluding hydrogens is 151 g/mol. The molecule has 0 aromatic heterocycles. The van der Waals surface area contributed by atoms with Crippen LogP contribution in [-0.2, 0) is 0 Å². The molecule has 2 radical (unpaired) electrons. The maximum absolute atomic E-state index is 9.12. The summed E-state index contributed by atoms with van der Waals surface area (Å²) in [5.41, 5.74) is 0. The molecule has 1 aliphatic heterocycles. The van der Waals surface area contributed by atoms with Crippen LogP contribution in [0.15, 0.2) is 0 Å². The zero-order valence-electron chi connectivity index (χ0n) is 5.34. The lowest BCUT2D eigenvalue weighted by Gasteiger charge is -2.12. The number of aliphatic hydroxyl groups excluding tert-OH is 3. The van der Waals surface area contributed by atoms with Gasteiger partial charge in [-0.3, -0.25) is 0 Å². The van der Waals surface area contributed by atoms with Gasteiger partial charge in [0.1, 0.15) is 0 Å². The first-order chi connectivity index (χ1) is 4.66. The predicted octanol–water partition coefficient (Wildman–Crippen LogP) is -1.69. The number of hydrogen-bond donors (Lipinski definition) is 3. The molecule has 0 saturated carbocycles. The van der Waals surface area contributed by atoms with Gasteiger partial charge in [0.25, 0.3) is 0 Å². The standard InChI is InChI=1S/C5H9BO3S/c6-5-4(9)3(8)2(1-7)10-5/h2-5,7-9H,1H2/t2-,3+,4?,5-/m1/s1. The van der Waals surface area contributed by atoms with Crippen LogP contribution in [-0.4, -0.2) is 52.4 Å². The van der Waals surface area contributed by atoms with E-state index in [4.69, 9.17) is 23.2 Å². The van der Waals surface area contributed by atoms with Crippen molar-refractivity contribution in [3.63, 3.8) is 0 Å². The fourth-order valence-corrected chi connectivity index (χ4v) is 2.06. The van der Waals surface area contributed by atoms with E-state index in [9.17, 15) is 0 Å². The van der Waals surface area contributed by atoms with E-state index in [1.165, 1.54) is 11.8 Å². The average molecular weight is 160 g/mol. The summed E-state index contributed by atoms with van der Waals surface area (Å²) >= 11 is 1.21. The van der Waals surface area contributed by atoms with Gasteiger partial charge in [0.2, 0.25) is 0 Å². The molecule has 1 fully saturated rings. The van der Waals surface area contributed by atoms with E-state index >= 15 is 0 Å². The highest BCUT2D eigenvalue weighted by Crippen LogP contribution is 2.31. The lowest BCUT2D eigenvalue weighted by atomic mass is 9.94. The third-order valence-corrected chi connectivity index (χ3v) is 2.95. The smallest absolute Gasteiger partial charge is 0.0942 e. The second-order valence-corrected chi connectivity index (χ2v) is 3.72. The normalized spacial score (nSPS) is 47.9. The van der Waals surface area contributed by atoms with E-state index in [0.29, 0.717) is 0 Å². The monoisotopic (exact) mass is 160 g/mol. The topological polar surface area (TPSA) is 60.7 Å². The molecule has 3 N–H and O–H groups in total. The molecule has 0 aromatic carbocycles. The molecule has 3 nitrogen and oxygen atoms in total. The van der Waals surface area contributed by atoms with Crippen LogP contribution in [0, 0.1) is 0 Å². The molecule has 0 amide bonds. The maximum atomic E-state index is 9.12. The Morgan fingerprint density at radius 3 is 2.10 bits per heavy atom. The van der Waals surface area contributed by atoms with Crippen LogP contribution < -0.4 is 0 Å². The molecule has 1 rings (SSSR count). The van der Waals surface area contributed by atoms with Crippen molar-refractivity contribution < 1.29 is 15.3 Å². The molecule has 1 saturated heterocycles. The molecule has 0 aromatic rings. The lowest BCUT2D eigenvalue weighted by molar-refractivity contribution is 0.0283. The van der Waals surface area contributed by atoms with Gasteiger partial charge in [0.05, 0.1) is 31.9 Å². The van der Waals surface area contributed by atoms with E-state index in [-0.39, 0.29) is 11.9 Å². The molecular formula is C5H9BO3S. The second kappa shape index (κ2) is 3.13. The van der Waals surface area contributed by atoms with E-state index in [0.717, 1.165) is 0 Å². The molecule has 10 heavy (non-hydrogen) atoms. The Balaban J connectivity index is 2.53. The van der Waals surface area contributed by atoms with Crippen molar-refractivity contribution in [3.8, 4) is 0 Å². The number of rotatable bonds is 1. The molecule has 0 aliphatic carbocycles. The number of hydrogen-bond acceptors (Lipinski definition) is 4. The Bertz CT molecular complexity index is 123. The fraction of sp³-hybridized carbons (Fsp3) is 1.00. The van der Waals surface area contributed by atoms with Gasteiger partial charge < -0.3 is 15.3 Å². The minimum Gasteiger partial charge on any atom is -0.395 e. The van der Waals surface area contributed by atoms with Crippen LogP contribution in [0.25, 0.3) is 0 Å². The highest BCUT2D eigenvalue weighted by molar-refractivity contribution is 8.02. The van der Waals surface area contributed by atoms with Gasteiger partial charge in [-0.2, -0.15) is 11.8 Å². The summed E-state index contributed by atoms with van der Waals surface area (Å²) in [6, 6.07) is 0. The summed E-state index contributed by atoms with van der Waals surface area (Å²) in [5, 5.41) is 26.0. The second-order valence-electron chi connectivity index (χ2n) is 2.30. The van der Waals surface area contributed by atoms with Crippen LogP contribution >= 0.6 is 11.8 Å². The first-order valence-electron chi connectivity index (χ1n) is 3.05. The summed E-state index contributed by atoms with van der Waals surface area (Å²) in [6.45, 7) is -0.142.